The van der Waals surface area contributed by atoms with Gasteiger partial charge in [0, 0.05) is 11.1 Å². The summed E-state index contributed by atoms with van der Waals surface area (Å²) >= 11 is 7.53. The van der Waals surface area contributed by atoms with Gasteiger partial charge >= 0.3 is 0 Å². The summed E-state index contributed by atoms with van der Waals surface area (Å²) in [5.41, 5.74) is 5.14. The highest BCUT2D eigenvalue weighted by Gasteiger charge is 2.15. The number of carbonyl (C=O) groups excluding carboxylic acids is 1. The SMILES string of the molecule is Cc1ccc(NC(=O)c2cc(-c3ccc(Cl)s3)nc3ccccc23)c(C)c1. The zero-order valence-corrected chi connectivity index (χ0v) is 16.5. The van der Waals surface area contributed by atoms with Crippen LogP contribution in [0.3, 0.4) is 0 Å². The van der Waals surface area contributed by atoms with E-state index in [9.17, 15) is 4.79 Å². The van der Waals surface area contributed by atoms with E-state index in [0.717, 1.165) is 38.3 Å². The molecule has 0 aliphatic carbocycles. The maximum Gasteiger partial charge on any atom is 0.256 e. The summed E-state index contributed by atoms with van der Waals surface area (Å²) in [6.45, 7) is 4.03. The Hall–Kier alpha value is -2.69. The van der Waals surface area contributed by atoms with Crippen molar-refractivity contribution in [3.8, 4) is 10.6 Å². The third-order valence-corrected chi connectivity index (χ3v) is 5.67. The van der Waals surface area contributed by atoms with Crippen molar-refractivity contribution >= 4 is 45.4 Å². The van der Waals surface area contributed by atoms with Crippen molar-refractivity contribution in [2.75, 3.05) is 5.32 Å². The molecule has 4 rings (SSSR count). The van der Waals surface area contributed by atoms with Gasteiger partial charge in [0.15, 0.2) is 0 Å². The number of rotatable bonds is 3. The lowest BCUT2D eigenvalue weighted by Crippen LogP contribution is -2.14. The predicted octanol–water partition coefficient (Wildman–Crippen LogP) is 6.49. The summed E-state index contributed by atoms with van der Waals surface area (Å²) in [5, 5.41) is 3.87. The number of halogens is 1. The molecule has 2 aromatic heterocycles. The number of carbonyl (C=O) groups is 1. The minimum absolute atomic E-state index is 0.149. The van der Waals surface area contributed by atoms with E-state index >= 15 is 0 Å². The third kappa shape index (κ3) is 3.59. The van der Waals surface area contributed by atoms with Crippen molar-refractivity contribution in [3.05, 3.63) is 81.7 Å². The molecule has 2 heterocycles. The Labute approximate surface area is 166 Å². The first-order valence-electron chi connectivity index (χ1n) is 8.55. The number of anilines is 1. The van der Waals surface area contributed by atoms with Crippen molar-refractivity contribution in [2.24, 2.45) is 0 Å². The van der Waals surface area contributed by atoms with Crippen LogP contribution in [0.25, 0.3) is 21.5 Å². The predicted molar refractivity (Wildman–Crippen MR) is 114 cm³/mol. The number of amides is 1. The van der Waals surface area contributed by atoms with E-state index in [4.69, 9.17) is 16.6 Å². The summed E-state index contributed by atoms with van der Waals surface area (Å²) in [5.74, 6) is -0.149. The molecule has 0 aliphatic heterocycles. The average Bonchev–Trinajstić information content (AvgIpc) is 3.09. The number of nitrogens with one attached hydrogen (secondary N) is 1. The second-order valence-electron chi connectivity index (χ2n) is 6.45. The van der Waals surface area contributed by atoms with Crippen molar-refractivity contribution in [2.45, 2.75) is 13.8 Å². The molecular weight excluding hydrogens is 376 g/mol. The van der Waals surface area contributed by atoms with Crippen molar-refractivity contribution in [3.63, 3.8) is 0 Å². The van der Waals surface area contributed by atoms with Crippen LogP contribution in [0.15, 0.2) is 60.7 Å². The maximum absolute atomic E-state index is 13.1. The number of aromatic nitrogens is 1. The number of fused-ring (bicyclic) bond motifs is 1. The topological polar surface area (TPSA) is 42.0 Å². The highest BCUT2D eigenvalue weighted by atomic mass is 35.5. The second kappa shape index (κ2) is 7.14. The summed E-state index contributed by atoms with van der Waals surface area (Å²) < 4.78 is 0.696. The fraction of sp³-hybridized carbons (Fsp3) is 0.0909. The molecule has 2 aromatic carbocycles. The maximum atomic E-state index is 13.1. The lowest BCUT2D eigenvalue weighted by atomic mass is 10.1. The van der Waals surface area contributed by atoms with Gasteiger partial charge in [-0.15, -0.1) is 11.3 Å². The summed E-state index contributed by atoms with van der Waals surface area (Å²) in [6.07, 6.45) is 0. The van der Waals surface area contributed by atoms with E-state index in [2.05, 4.69) is 11.4 Å². The lowest BCUT2D eigenvalue weighted by molar-refractivity contribution is 0.102. The zero-order valence-electron chi connectivity index (χ0n) is 14.9. The van der Waals surface area contributed by atoms with E-state index in [1.807, 2.05) is 68.4 Å². The van der Waals surface area contributed by atoms with Crippen LogP contribution >= 0.6 is 22.9 Å². The van der Waals surface area contributed by atoms with Crippen LogP contribution in [0.5, 0.6) is 0 Å². The molecule has 0 spiro atoms. The Morgan fingerprint density at radius 3 is 2.59 bits per heavy atom. The van der Waals surface area contributed by atoms with Gasteiger partial charge in [-0.2, -0.15) is 0 Å². The molecule has 1 N–H and O–H groups in total. The molecule has 0 fully saturated rings. The number of pyridine rings is 1. The average molecular weight is 393 g/mol. The highest BCUT2D eigenvalue weighted by Crippen LogP contribution is 2.32. The fourth-order valence-corrected chi connectivity index (χ4v) is 4.09. The summed E-state index contributed by atoms with van der Waals surface area (Å²) in [7, 11) is 0. The van der Waals surface area contributed by atoms with Crippen LogP contribution in [-0.2, 0) is 0 Å². The summed E-state index contributed by atoms with van der Waals surface area (Å²) in [6, 6.07) is 19.3. The number of benzene rings is 2. The van der Waals surface area contributed by atoms with Gasteiger partial charge in [-0.05, 0) is 49.7 Å². The van der Waals surface area contributed by atoms with E-state index in [0.29, 0.717) is 9.90 Å². The number of thiophene rings is 1. The monoisotopic (exact) mass is 392 g/mol. The first-order chi connectivity index (χ1) is 13.0. The molecular formula is C22H17ClN2OS. The lowest BCUT2D eigenvalue weighted by Gasteiger charge is -2.12. The van der Waals surface area contributed by atoms with E-state index in [1.54, 1.807) is 0 Å². The minimum Gasteiger partial charge on any atom is -0.322 e. The van der Waals surface area contributed by atoms with Crippen molar-refractivity contribution in [1.82, 2.24) is 4.98 Å². The molecule has 5 heteroatoms. The van der Waals surface area contributed by atoms with Gasteiger partial charge in [0.25, 0.3) is 5.91 Å². The second-order valence-corrected chi connectivity index (χ2v) is 8.16. The van der Waals surface area contributed by atoms with Crippen LogP contribution in [0, 0.1) is 13.8 Å². The first kappa shape index (κ1) is 17.7. The third-order valence-electron chi connectivity index (χ3n) is 4.42. The van der Waals surface area contributed by atoms with Gasteiger partial charge in [-0.1, -0.05) is 47.5 Å². The van der Waals surface area contributed by atoms with Crippen molar-refractivity contribution < 1.29 is 4.79 Å². The Balaban J connectivity index is 1.80. The zero-order chi connectivity index (χ0) is 19.0. The Morgan fingerprint density at radius 1 is 1.04 bits per heavy atom. The van der Waals surface area contributed by atoms with Gasteiger partial charge in [0.1, 0.15) is 0 Å². The molecule has 0 aliphatic rings. The van der Waals surface area contributed by atoms with Gasteiger partial charge < -0.3 is 5.32 Å². The normalized spacial score (nSPS) is 10.9. The minimum atomic E-state index is -0.149. The first-order valence-corrected chi connectivity index (χ1v) is 9.75. The molecule has 0 radical (unpaired) electrons. The number of nitrogens with zero attached hydrogens (tertiary/aromatic N) is 1. The standard InChI is InChI=1S/C22H17ClN2OS/c1-13-7-8-17(14(2)11-13)25-22(26)16-12-19(20-9-10-21(23)27-20)24-18-6-4-3-5-15(16)18/h3-12H,1-2H3,(H,25,26). The molecule has 4 aromatic rings. The van der Waals surface area contributed by atoms with E-state index < -0.39 is 0 Å². The van der Waals surface area contributed by atoms with Crippen LogP contribution in [0.4, 0.5) is 5.69 Å². The molecule has 0 saturated carbocycles. The van der Waals surface area contributed by atoms with Gasteiger partial charge in [-0.25, -0.2) is 4.98 Å². The molecule has 1 amide bonds. The van der Waals surface area contributed by atoms with Crippen LogP contribution < -0.4 is 5.32 Å². The van der Waals surface area contributed by atoms with Gasteiger partial charge in [-0.3, -0.25) is 4.79 Å². The Morgan fingerprint density at radius 2 is 1.85 bits per heavy atom. The van der Waals surface area contributed by atoms with E-state index in [-0.39, 0.29) is 5.91 Å². The van der Waals surface area contributed by atoms with Gasteiger partial charge in [0.05, 0.1) is 26.0 Å². The molecule has 0 atom stereocenters. The number of para-hydroxylation sites is 1. The molecule has 3 nitrogen and oxygen atoms in total. The molecule has 0 saturated heterocycles. The van der Waals surface area contributed by atoms with E-state index in [1.165, 1.54) is 11.3 Å². The van der Waals surface area contributed by atoms with Crippen LogP contribution in [0.2, 0.25) is 4.34 Å². The Bertz CT molecular complexity index is 1170. The molecule has 27 heavy (non-hydrogen) atoms. The largest absolute Gasteiger partial charge is 0.322 e. The molecule has 134 valence electrons. The van der Waals surface area contributed by atoms with Crippen molar-refractivity contribution in [1.29, 1.82) is 0 Å². The smallest absolute Gasteiger partial charge is 0.256 e. The number of hydrogen-bond donors (Lipinski definition) is 1. The number of aryl methyl sites for hydroxylation is 2. The van der Waals surface area contributed by atoms with Gasteiger partial charge in [0.2, 0.25) is 0 Å². The molecule has 0 unspecified atom stereocenters. The van der Waals surface area contributed by atoms with Crippen LogP contribution in [0.1, 0.15) is 21.5 Å². The molecule has 0 bridgehead atoms. The fourth-order valence-electron chi connectivity index (χ4n) is 3.08. The number of hydrogen-bond acceptors (Lipinski definition) is 3. The summed E-state index contributed by atoms with van der Waals surface area (Å²) in [4.78, 5) is 18.7. The quantitative estimate of drug-likeness (QED) is 0.433. The van der Waals surface area contributed by atoms with Crippen LogP contribution in [-0.4, -0.2) is 10.9 Å². The Kier molecular flexibility index (Phi) is 4.68. The highest BCUT2D eigenvalue weighted by molar-refractivity contribution is 7.19.